The molecule has 0 saturated heterocycles. The Morgan fingerprint density at radius 1 is 0.688 bits per heavy atom. The third-order valence-corrected chi connectivity index (χ3v) is 4.05. The maximum Gasteiger partial charge on any atom is -0.0417 e. The van der Waals surface area contributed by atoms with E-state index in [9.17, 15) is 0 Å². The molecular weight excluding hydrogens is 192 g/mol. The van der Waals surface area contributed by atoms with Crippen LogP contribution < -0.4 is 0 Å². The molecule has 0 nitrogen and oxygen atoms in total. The minimum atomic E-state index is 0.945. The average Bonchev–Trinajstić information content (AvgIpc) is 2.31. The number of hydrogen-bond donors (Lipinski definition) is 0. The van der Waals surface area contributed by atoms with Crippen LogP contribution in [-0.2, 0) is 0 Å². The van der Waals surface area contributed by atoms with Crippen LogP contribution >= 0.6 is 0 Å². The minimum absolute atomic E-state index is 0.945. The summed E-state index contributed by atoms with van der Waals surface area (Å²) >= 11 is 0. The Bertz CT molecular complexity index is 128. The fraction of sp³-hybridized carbons (Fsp3) is 1.00. The van der Waals surface area contributed by atoms with Crippen LogP contribution in [-0.4, -0.2) is 0 Å². The molecule has 2 unspecified atom stereocenters. The normalized spacial score (nSPS) is 15.0. The molecule has 16 heavy (non-hydrogen) atoms. The van der Waals surface area contributed by atoms with Crippen molar-refractivity contribution in [3.8, 4) is 0 Å². The van der Waals surface area contributed by atoms with E-state index in [4.69, 9.17) is 0 Å². The van der Waals surface area contributed by atoms with Crippen LogP contribution in [0.1, 0.15) is 91.9 Å². The van der Waals surface area contributed by atoms with Crippen molar-refractivity contribution in [2.75, 3.05) is 0 Å². The zero-order valence-corrected chi connectivity index (χ0v) is 12.2. The summed E-state index contributed by atoms with van der Waals surface area (Å²) in [5.41, 5.74) is 0. The Hall–Kier alpha value is 0. The number of hydrogen-bond acceptors (Lipinski definition) is 0. The van der Waals surface area contributed by atoms with Gasteiger partial charge in [0.25, 0.3) is 0 Å². The van der Waals surface area contributed by atoms with Gasteiger partial charge in [-0.25, -0.2) is 0 Å². The Morgan fingerprint density at radius 2 is 1.25 bits per heavy atom. The fourth-order valence-electron chi connectivity index (χ4n) is 2.37. The van der Waals surface area contributed by atoms with E-state index in [2.05, 4.69) is 27.7 Å². The minimum Gasteiger partial charge on any atom is -0.0654 e. The fourth-order valence-corrected chi connectivity index (χ4v) is 2.37. The van der Waals surface area contributed by atoms with Crippen molar-refractivity contribution in [3.05, 3.63) is 0 Å². The van der Waals surface area contributed by atoms with E-state index in [1.807, 2.05) is 0 Å². The highest BCUT2D eigenvalue weighted by Crippen LogP contribution is 2.21. The number of rotatable bonds is 11. The van der Waals surface area contributed by atoms with E-state index in [1.165, 1.54) is 64.2 Å². The molecule has 0 heteroatoms. The first-order valence-corrected chi connectivity index (χ1v) is 7.74. The lowest BCUT2D eigenvalue weighted by molar-refractivity contribution is 0.385. The molecule has 2 atom stereocenters. The second-order valence-electron chi connectivity index (χ2n) is 5.57. The van der Waals surface area contributed by atoms with Crippen LogP contribution in [0.4, 0.5) is 0 Å². The monoisotopic (exact) mass is 226 g/mol. The van der Waals surface area contributed by atoms with Gasteiger partial charge in [-0.2, -0.15) is 0 Å². The Labute approximate surface area is 104 Å². The van der Waals surface area contributed by atoms with Gasteiger partial charge in [0.2, 0.25) is 0 Å². The molecule has 0 aliphatic rings. The Balaban J connectivity index is 3.40. The molecule has 0 rings (SSSR count). The molecule has 0 aliphatic carbocycles. The van der Waals surface area contributed by atoms with Crippen LogP contribution in [0, 0.1) is 11.8 Å². The first kappa shape index (κ1) is 16.0. The summed E-state index contributed by atoms with van der Waals surface area (Å²) in [5.74, 6) is 1.96. The summed E-state index contributed by atoms with van der Waals surface area (Å²) in [6.45, 7) is 9.36. The SMILES string of the molecule is CCCCCC(CC)CCCCC(C)CC. The van der Waals surface area contributed by atoms with E-state index in [-0.39, 0.29) is 0 Å². The van der Waals surface area contributed by atoms with Gasteiger partial charge in [0.05, 0.1) is 0 Å². The van der Waals surface area contributed by atoms with Crippen LogP contribution in [0.5, 0.6) is 0 Å². The first-order chi connectivity index (χ1) is 7.74. The molecule has 0 fully saturated rings. The van der Waals surface area contributed by atoms with Gasteiger partial charge in [-0.3, -0.25) is 0 Å². The van der Waals surface area contributed by atoms with Gasteiger partial charge < -0.3 is 0 Å². The van der Waals surface area contributed by atoms with E-state index in [0.29, 0.717) is 0 Å². The lowest BCUT2D eigenvalue weighted by Gasteiger charge is -2.15. The quantitative estimate of drug-likeness (QED) is 0.368. The number of unbranched alkanes of at least 4 members (excludes halogenated alkanes) is 3. The molecule has 0 bridgehead atoms. The molecule has 0 heterocycles. The highest BCUT2D eigenvalue weighted by molar-refractivity contribution is 4.59. The third-order valence-electron chi connectivity index (χ3n) is 4.05. The standard InChI is InChI=1S/C16H34/c1-5-8-9-13-16(7-3)14-11-10-12-15(4)6-2/h15-16H,5-14H2,1-4H3. The predicted molar refractivity (Wildman–Crippen MR) is 75.8 cm³/mol. The van der Waals surface area contributed by atoms with Crippen molar-refractivity contribution in [1.29, 1.82) is 0 Å². The lowest BCUT2D eigenvalue weighted by Crippen LogP contribution is -2.00. The van der Waals surface area contributed by atoms with Crippen LogP contribution in [0.2, 0.25) is 0 Å². The summed E-state index contributed by atoms with van der Waals surface area (Å²) in [4.78, 5) is 0. The Morgan fingerprint density at radius 3 is 1.75 bits per heavy atom. The molecule has 0 aliphatic heterocycles. The van der Waals surface area contributed by atoms with E-state index < -0.39 is 0 Å². The van der Waals surface area contributed by atoms with Crippen molar-refractivity contribution in [2.45, 2.75) is 91.9 Å². The average molecular weight is 226 g/mol. The van der Waals surface area contributed by atoms with Gasteiger partial charge in [-0.1, -0.05) is 91.9 Å². The van der Waals surface area contributed by atoms with Crippen molar-refractivity contribution in [2.24, 2.45) is 11.8 Å². The van der Waals surface area contributed by atoms with Gasteiger partial charge in [-0.15, -0.1) is 0 Å². The van der Waals surface area contributed by atoms with Gasteiger partial charge >= 0.3 is 0 Å². The van der Waals surface area contributed by atoms with E-state index >= 15 is 0 Å². The van der Waals surface area contributed by atoms with Gasteiger partial charge in [-0.05, 0) is 11.8 Å². The summed E-state index contributed by atoms with van der Waals surface area (Å²) in [5, 5.41) is 0. The maximum atomic E-state index is 2.39. The molecule has 98 valence electrons. The Kier molecular flexibility index (Phi) is 11.5. The van der Waals surface area contributed by atoms with Crippen molar-refractivity contribution in [1.82, 2.24) is 0 Å². The summed E-state index contributed by atoms with van der Waals surface area (Å²) in [6.07, 6.45) is 14.3. The van der Waals surface area contributed by atoms with E-state index in [1.54, 1.807) is 0 Å². The summed E-state index contributed by atoms with van der Waals surface area (Å²) in [7, 11) is 0. The molecule has 0 aromatic rings. The predicted octanol–water partition coefficient (Wildman–Crippen LogP) is 6.20. The molecule has 0 aromatic carbocycles. The highest BCUT2D eigenvalue weighted by Gasteiger charge is 2.06. The zero-order valence-electron chi connectivity index (χ0n) is 12.2. The second kappa shape index (κ2) is 11.5. The van der Waals surface area contributed by atoms with Crippen molar-refractivity contribution < 1.29 is 0 Å². The smallest absolute Gasteiger partial charge is 0.0417 e. The molecular formula is C16H34. The molecule has 0 spiro atoms. The third kappa shape index (κ3) is 9.24. The van der Waals surface area contributed by atoms with E-state index in [0.717, 1.165) is 11.8 Å². The molecule has 0 aromatic heterocycles. The van der Waals surface area contributed by atoms with Crippen LogP contribution in [0.3, 0.4) is 0 Å². The van der Waals surface area contributed by atoms with Gasteiger partial charge in [0.15, 0.2) is 0 Å². The molecule has 0 amide bonds. The second-order valence-corrected chi connectivity index (χ2v) is 5.57. The molecule has 0 N–H and O–H groups in total. The van der Waals surface area contributed by atoms with Gasteiger partial charge in [0, 0.05) is 0 Å². The molecule has 0 radical (unpaired) electrons. The van der Waals surface area contributed by atoms with Crippen LogP contribution in [0.15, 0.2) is 0 Å². The largest absolute Gasteiger partial charge is 0.0654 e. The summed E-state index contributed by atoms with van der Waals surface area (Å²) in [6, 6.07) is 0. The zero-order chi connectivity index (χ0) is 12.2. The first-order valence-electron chi connectivity index (χ1n) is 7.74. The molecule has 0 saturated carbocycles. The topological polar surface area (TPSA) is 0 Å². The van der Waals surface area contributed by atoms with Gasteiger partial charge in [0.1, 0.15) is 0 Å². The maximum absolute atomic E-state index is 2.39. The summed E-state index contributed by atoms with van der Waals surface area (Å²) < 4.78 is 0. The van der Waals surface area contributed by atoms with Crippen molar-refractivity contribution in [3.63, 3.8) is 0 Å². The van der Waals surface area contributed by atoms with Crippen molar-refractivity contribution >= 4 is 0 Å². The highest BCUT2D eigenvalue weighted by atomic mass is 14.1. The lowest BCUT2D eigenvalue weighted by atomic mass is 9.91. The van der Waals surface area contributed by atoms with Crippen LogP contribution in [0.25, 0.3) is 0 Å².